The Morgan fingerprint density at radius 1 is 1.06 bits per heavy atom. The lowest BCUT2D eigenvalue weighted by molar-refractivity contribution is -0.146. The third-order valence-corrected chi connectivity index (χ3v) is 7.13. The lowest BCUT2D eigenvalue weighted by atomic mass is 9.80. The van der Waals surface area contributed by atoms with Crippen LogP contribution >= 0.6 is 0 Å². The predicted octanol–water partition coefficient (Wildman–Crippen LogP) is 5.28. The van der Waals surface area contributed by atoms with E-state index in [9.17, 15) is 18.0 Å². The summed E-state index contributed by atoms with van der Waals surface area (Å²) < 4.78 is 45.0. The van der Waals surface area contributed by atoms with Gasteiger partial charge in [0.25, 0.3) is 0 Å². The minimum atomic E-state index is -4.34. The van der Waals surface area contributed by atoms with Gasteiger partial charge in [-0.1, -0.05) is 18.9 Å². The first-order valence-corrected chi connectivity index (χ1v) is 10.7. The van der Waals surface area contributed by atoms with Gasteiger partial charge in [0.1, 0.15) is 0 Å². The molecule has 5 rings (SSSR count). The average molecular weight is 430 g/mol. The van der Waals surface area contributed by atoms with Gasteiger partial charge >= 0.3 is 12.1 Å². The summed E-state index contributed by atoms with van der Waals surface area (Å²) in [6, 6.07) is 12.3. The van der Waals surface area contributed by atoms with Crippen LogP contribution in [0.3, 0.4) is 0 Å². The van der Waals surface area contributed by atoms with Gasteiger partial charge in [-0.25, -0.2) is 0 Å². The van der Waals surface area contributed by atoms with Crippen LogP contribution in [0.1, 0.15) is 36.8 Å². The summed E-state index contributed by atoms with van der Waals surface area (Å²) >= 11 is 0. The molecule has 0 atom stereocenters. The Kier molecular flexibility index (Phi) is 4.68. The number of alkyl halides is 3. The SMILES string of the molecule is COC(=O)C1CN(c2cccc(N3CC4(CCCC4)c4cc(C(F)(F)F)ccc43)c2)C1. The highest BCUT2D eigenvalue weighted by molar-refractivity contribution is 5.78. The Bertz CT molecular complexity index is 1010. The third-order valence-electron chi connectivity index (χ3n) is 7.13. The topological polar surface area (TPSA) is 32.8 Å². The van der Waals surface area contributed by atoms with E-state index in [1.165, 1.54) is 19.2 Å². The molecule has 2 aliphatic heterocycles. The van der Waals surface area contributed by atoms with Crippen LogP contribution < -0.4 is 9.80 Å². The fourth-order valence-electron chi connectivity index (χ4n) is 5.42. The summed E-state index contributed by atoms with van der Waals surface area (Å²) in [5, 5.41) is 0. The minimum absolute atomic E-state index is 0.108. The standard InChI is InChI=1S/C24H25F3N2O2/c1-31-22(30)16-13-28(14-16)18-5-4-6-19(12-18)29-15-23(9-2-3-10-23)20-11-17(24(25,26)27)7-8-21(20)29/h4-8,11-12,16H,2-3,9-10,13-15H2,1H3. The van der Waals surface area contributed by atoms with Crippen LogP contribution in [0.5, 0.6) is 0 Å². The summed E-state index contributed by atoms with van der Waals surface area (Å²) in [5.74, 6) is -0.298. The summed E-state index contributed by atoms with van der Waals surface area (Å²) in [5.41, 5.74) is 2.92. The second kappa shape index (κ2) is 7.18. The predicted molar refractivity (Wildman–Crippen MR) is 113 cm³/mol. The normalized spacial score (nSPS) is 20.1. The highest BCUT2D eigenvalue weighted by atomic mass is 19.4. The maximum absolute atomic E-state index is 13.4. The molecular formula is C24H25F3N2O2. The summed E-state index contributed by atoms with van der Waals surface area (Å²) in [4.78, 5) is 16.0. The van der Waals surface area contributed by atoms with Crippen LogP contribution in [0.15, 0.2) is 42.5 Å². The molecular weight excluding hydrogens is 405 g/mol. The summed E-state index contributed by atoms with van der Waals surface area (Å²) in [7, 11) is 1.40. The van der Waals surface area contributed by atoms with Crippen LogP contribution in [0, 0.1) is 5.92 Å². The van der Waals surface area contributed by atoms with E-state index in [0.29, 0.717) is 19.6 Å². The van der Waals surface area contributed by atoms with E-state index >= 15 is 0 Å². The molecule has 0 aromatic heterocycles. The van der Waals surface area contributed by atoms with Gasteiger partial charge in [0.2, 0.25) is 0 Å². The smallest absolute Gasteiger partial charge is 0.416 e. The number of carbonyl (C=O) groups is 1. The van der Waals surface area contributed by atoms with Crippen molar-refractivity contribution in [1.82, 2.24) is 0 Å². The molecule has 1 saturated carbocycles. The molecule has 4 nitrogen and oxygen atoms in total. The molecule has 0 amide bonds. The van der Waals surface area contributed by atoms with Crippen molar-refractivity contribution < 1.29 is 22.7 Å². The van der Waals surface area contributed by atoms with Crippen LogP contribution in [0.2, 0.25) is 0 Å². The van der Waals surface area contributed by atoms with Gasteiger partial charge in [-0.05, 0) is 54.8 Å². The zero-order valence-corrected chi connectivity index (χ0v) is 17.4. The first-order chi connectivity index (χ1) is 14.8. The van der Waals surface area contributed by atoms with Gasteiger partial charge in [0.05, 0.1) is 18.6 Å². The second-order valence-corrected chi connectivity index (χ2v) is 8.95. The molecule has 2 fully saturated rings. The molecule has 0 unspecified atom stereocenters. The summed E-state index contributed by atoms with van der Waals surface area (Å²) in [6.07, 6.45) is -0.400. The van der Waals surface area contributed by atoms with E-state index in [0.717, 1.165) is 48.3 Å². The van der Waals surface area contributed by atoms with Crippen molar-refractivity contribution in [3.05, 3.63) is 53.6 Å². The fraction of sp³-hybridized carbons (Fsp3) is 0.458. The molecule has 3 aliphatic rings. The van der Waals surface area contributed by atoms with Crippen LogP contribution in [0.4, 0.5) is 30.2 Å². The highest BCUT2D eigenvalue weighted by Crippen LogP contribution is 2.53. The van der Waals surface area contributed by atoms with Gasteiger partial charge in [0, 0.05) is 42.1 Å². The average Bonchev–Trinajstić information content (AvgIpc) is 3.32. The Labute approximate surface area is 179 Å². The largest absolute Gasteiger partial charge is 0.469 e. The van der Waals surface area contributed by atoms with Crippen molar-refractivity contribution in [1.29, 1.82) is 0 Å². The zero-order valence-electron chi connectivity index (χ0n) is 17.4. The number of fused-ring (bicyclic) bond motifs is 2. The molecule has 0 N–H and O–H groups in total. The maximum atomic E-state index is 13.4. The Hall–Kier alpha value is -2.70. The van der Waals surface area contributed by atoms with Crippen LogP contribution in [-0.2, 0) is 21.1 Å². The third kappa shape index (κ3) is 3.34. The highest BCUT2D eigenvalue weighted by Gasteiger charge is 2.46. The van der Waals surface area contributed by atoms with Crippen LogP contribution in [-0.4, -0.2) is 32.7 Å². The van der Waals surface area contributed by atoms with E-state index in [1.54, 1.807) is 6.07 Å². The molecule has 31 heavy (non-hydrogen) atoms. The van der Waals surface area contributed by atoms with Crippen molar-refractivity contribution in [3.8, 4) is 0 Å². The number of hydrogen-bond donors (Lipinski definition) is 0. The van der Waals surface area contributed by atoms with Gasteiger partial charge in [0.15, 0.2) is 0 Å². The first kappa shape index (κ1) is 20.2. The van der Waals surface area contributed by atoms with E-state index in [-0.39, 0.29) is 17.3 Å². The van der Waals surface area contributed by atoms with Gasteiger partial charge in [-0.2, -0.15) is 13.2 Å². The van der Waals surface area contributed by atoms with E-state index in [4.69, 9.17) is 4.74 Å². The molecule has 2 heterocycles. The number of halogens is 3. The molecule has 1 spiro atoms. The lowest BCUT2D eigenvalue weighted by Crippen LogP contribution is -2.50. The van der Waals surface area contributed by atoms with E-state index < -0.39 is 11.7 Å². The first-order valence-electron chi connectivity index (χ1n) is 10.7. The molecule has 1 aliphatic carbocycles. The number of benzene rings is 2. The number of nitrogens with zero attached hydrogens (tertiary/aromatic N) is 2. The molecule has 7 heteroatoms. The van der Waals surface area contributed by atoms with Gasteiger partial charge < -0.3 is 14.5 Å². The number of carbonyl (C=O) groups excluding carboxylic acids is 1. The number of ether oxygens (including phenoxy) is 1. The van der Waals surface area contributed by atoms with Crippen molar-refractivity contribution in [2.24, 2.45) is 5.92 Å². The lowest BCUT2D eigenvalue weighted by Gasteiger charge is -2.39. The quantitative estimate of drug-likeness (QED) is 0.621. The molecule has 2 aromatic carbocycles. The zero-order chi connectivity index (χ0) is 21.8. The molecule has 2 aromatic rings. The van der Waals surface area contributed by atoms with Crippen molar-refractivity contribution in [2.45, 2.75) is 37.3 Å². The van der Waals surface area contributed by atoms with Gasteiger partial charge in [-0.15, -0.1) is 0 Å². The number of anilines is 3. The number of esters is 1. The molecule has 0 bridgehead atoms. The van der Waals surface area contributed by atoms with Crippen LogP contribution in [0.25, 0.3) is 0 Å². The number of rotatable bonds is 3. The minimum Gasteiger partial charge on any atom is -0.469 e. The van der Waals surface area contributed by atoms with Crippen molar-refractivity contribution >= 4 is 23.0 Å². The Morgan fingerprint density at radius 3 is 2.45 bits per heavy atom. The molecule has 0 radical (unpaired) electrons. The number of hydrogen-bond acceptors (Lipinski definition) is 4. The van der Waals surface area contributed by atoms with Gasteiger partial charge in [-0.3, -0.25) is 4.79 Å². The van der Waals surface area contributed by atoms with Crippen molar-refractivity contribution in [3.63, 3.8) is 0 Å². The maximum Gasteiger partial charge on any atom is 0.416 e. The molecule has 1 saturated heterocycles. The second-order valence-electron chi connectivity index (χ2n) is 8.95. The summed E-state index contributed by atoms with van der Waals surface area (Å²) in [6.45, 7) is 1.94. The van der Waals surface area contributed by atoms with Crippen molar-refractivity contribution in [2.75, 3.05) is 36.5 Å². The fourth-order valence-corrected chi connectivity index (χ4v) is 5.42. The van der Waals surface area contributed by atoms with E-state index in [1.807, 2.05) is 18.2 Å². The molecule has 164 valence electrons. The van der Waals surface area contributed by atoms with E-state index in [2.05, 4.69) is 15.9 Å². The monoisotopic (exact) mass is 430 g/mol. The Balaban J connectivity index is 1.47. The Morgan fingerprint density at radius 2 is 1.77 bits per heavy atom. The number of methoxy groups -OCH3 is 1.